The molecule has 0 aliphatic heterocycles. The Kier molecular flexibility index (Phi) is 3.63. The van der Waals surface area contributed by atoms with E-state index < -0.39 is 5.82 Å². The first-order chi connectivity index (χ1) is 10.6. The first-order valence-corrected chi connectivity index (χ1v) is 7.13. The van der Waals surface area contributed by atoms with Crippen LogP contribution in [0.2, 0.25) is 0 Å². The second kappa shape index (κ2) is 5.60. The number of rotatable bonds is 3. The third-order valence-corrected chi connectivity index (χ3v) is 3.48. The summed E-state index contributed by atoms with van der Waals surface area (Å²) in [5, 5.41) is 2.85. The van der Waals surface area contributed by atoms with Gasteiger partial charge in [-0.05, 0) is 43.2 Å². The Morgan fingerprint density at radius 2 is 2.14 bits per heavy atom. The summed E-state index contributed by atoms with van der Waals surface area (Å²) >= 11 is 0. The molecule has 2 aromatic heterocycles. The predicted molar refractivity (Wildman–Crippen MR) is 83.7 cm³/mol. The Labute approximate surface area is 127 Å². The summed E-state index contributed by atoms with van der Waals surface area (Å²) in [6, 6.07) is 10.4. The van der Waals surface area contributed by atoms with Crippen LogP contribution in [0.25, 0.3) is 5.65 Å². The molecule has 1 N–H and O–H groups in total. The van der Waals surface area contributed by atoms with E-state index in [1.807, 2.05) is 38.1 Å². The van der Waals surface area contributed by atoms with Crippen molar-refractivity contribution in [3.63, 3.8) is 0 Å². The number of hydrogen-bond acceptors (Lipinski definition) is 2. The smallest absolute Gasteiger partial charge is 0.274 e. The first kappa shape index (κ1) is 14.3. The van der Waals surface area contributed by atoms with Crippen LogP contribution in [0.3, 0.4) is 0 Å². The molecule has 0 bridgehead atoms. The lowest BCUT2D eigenvalue weighted by Crippen LogP contribution is -2.16. The number of carbonyl (C=O) groups excluding carboxylic acids is 1. The second-order valence-electron chi connectivity index (χ2n) is 5.16. The number of imidazole rings is 1. The van der Waals surface area contributed by atoms with Gasteiger partial charge in [-0.25, -0.2) is 9.37 Å². The van der Waals surface area contributed by atoms with Crippen molar-refractivity contribution in [3.05, 3.63) is 65.4 Å². The third-order valence-electron chi connectivity index (χ3n) is 3.48. The van der Waals surface area contributed by atoms with E-state index >= 15 is 0 Å². The van der Waals surface area contributed by atoms with Crippen molar-refractivity contribution in [3.8, 4) is 0 Å². The standard InChI is InChI=1S/C17H16FN3O/c1-3-14-16(21-10-12(18)7-8-15(21)20-14)17(22)19-13-6-4-5-11(2)9-13/h4-10H,3H2,1-2H3,(H,19,22). The first-order valence-electron chi connectivity index (χ1n) is 7.13. The Hall–Kier alpha value is -2.69. The van der Waals surface area contributed by atoms with E-state index in [-0.39, 0.29) is 5.91 Å². The molecule has 0 radical (unpaired) electrons. The number of aryl methyl sites for hydroxylation is 2. The number of amides is 1. The van der Waals surface area contributed by atoms with Crippen LogP contribution in [-0.4, -0.2) is 15.3 Å². The Bertz CT molecular complexity index is 854. The van der Waals surface area contributed by atoms with Gasteiger partial charge in [0.25, 0.3) is 5.91 Å². The topological polar surface area (TPSA) is 46.4 Å². The van der Waals surface area contributed by atoms with Gasteiger partial charge in [-0.1, -0.05) is 19.1 Å². The molecule has 0 spiro atoms. The molecule has 0 aliphatic rings. The number of pyridine rings is 1. The SMILES string of the molecule is CCc1nc2ccc(F)cn2c1C(=O)Nc1cccc(C)c1. The number of nitrogens with zero attached hydrogens (tertiary/aromatic N) is 2. The summed E-state index contributed by atoms with van der Waals surface area (Å²) in [5.74, 6) is -0.697. The Morgan fingerprint density at radius 1 is 1.32 bits per heavy atom. The lowest BCUT2D eigenvalue weighted by atomic mass is 10.2. The van der Waals surface area contributed by atoms with E-state index in [0.717, 1.165) is 5.56 Å². The quantitative estimate of drug-likeness (QED) is 0.803. The van der Waals surface area contributed by atoms with Gasteiger partial charge < -0.3 is 5.32 Å². The van der Waals surface area contributed by atoms with Crippen LogP contribution in [0.15, 0.2) is 42.6 Å². The summed E-state index contributed by atoms with van der Waals surface area (Å²) in [4.78, 5) is 17.0. The van der Waals surface area contributed by atoms with Crippen molar-refractivity contribution in [1.82, 2.24) is 9.38 Å². The highest BCUT2D eigenvalue weighted by molar-refractivity contribution is 6.04. The minimum absolute atomic E-state index is 0.291. The Balaban J connectivity index is 2.04. The summed E-state index contributed by atoms with van der Waals surface area (Å²) in [5.41, 5.74) is 3.35. The van der Waals surface area contributed by atoms with E-state index in [0.29, 0.717) is 29.1 Å². The van der Waals surface area contributed by atoms with E-state index in [1.165, 1.54) is 16.7 Å². The average molecular weight is 297 g/mol. The molecule has 0 aliphatic carbocycles. The van der Waals surface area contributed by atoms with Gasteiger partial charge in [-0.2, -0.15) is 0 Å². The van der Waals surface area contributed by atoms with Crippen molar-refractivity contribution in [1.29, 1.82) is 0 Å². The summed E-state index contributed by atoms with van der Waals surface area (Å²) in [7, 11) is 0. The number of benzene rings is 1. The highest BCUT2D eigenvalue weighted by Crippen LogP contribution is 2.17. The largest absolute Gasteiger partial charge is 0.321 e. The monoisotopic (exact) mass is 297 g/mol. The summed E-state index contributed by atoms with van der Waals surface area (Å²) in [6.45, 7) is 3.87. The summed E-state index contributed by atoms with van der Waals surface area (Å²) in [6.07, 6.45) is 1.88. The molecular formula is C17H16FN3O. The molecule has 1 aromatic carbocycles. The highest BCUT2D eigenvalue weighted by Gasteiger charge is 2.18. The molecule has 0 atom stereocenters. The molecule has 112 valence electrons. The van der Waals surface area contributed by atoms with Crippen LogP contribution in [0.5, 0.6) is 0 Å². The zero-order valence-electron chi connectivity index (χ0n) is 12.4. The maximum atomic E-state index is 13.5. The molecule has 1 amide bonds. The lowest BCUT2D eigenvalue weighted by Gasteiger charge is -2.07. The van der Waals surface area contributed by atoms with Gasteiger partial charge in [-0.3, -0.25) is 9.20 Å². The van der Waals surface area contributed by atoms with Crippen LogP contribution < -0.4 is 5.32 Å². The lowest BCUT2D eigenvalue weighted by molar-refractivity contribution is 0.102. The number of anilines is 1. The van der Waals surface area contributed by atoms with Crippen LogP contribution in [0, 0.1) is 12.7 Å². The minimum atomic E-state index is -0.405. The normalized spacial score (nSPS) is 10.9. The van der Waals surface area contributed by atoms with Crippen LogP contribution in [0.4, 0.5) is 10.1 Å². The molecular weight excluding hydrogens is 281 g/mol. The molecule has 4 nitrogen and oxygen atoms in total. The fraction of sp³-hybridized carbons (Fsp3) is 0.176. The van der Waals surface area contributed by atoms with Gasteiger partial charge in [0.2, 0.25) is 0 Å². The molecule has 0 fully saturated rings. The van der Waals surface area contributed by atoms with Gasteiger partial charge in [0.1, 0.15) is 17.2 Å². The Morgan fingerprint density at radius 3 is 2.86 bits per heavy atom. The van der Waals surface area contributed by atoms with Crippen molar-refractivity contribution in [2.24, 2.45) is 0 Å². The van der Waals surface area contributed by atoms with Gasteiger partial charge in [0, 0.05) is 11.9 Å². The maximum Gasteiger partial charge on any atom is 0.274 e. The molecule has 0 saturated heterocycles. The fourth-order valence-corrected chi connectivity index (χ4v) is 2.47. The van der Waals surface area contributed by atoms with E-state index in [2.05, 4.69) is 10.3 Å². The number of aromatic nitrogens is 2. The van der Waals surface area contributed by atoms with E-state index in [9.17, 15) is 9.18 Å². The van der Waals surface area contributed by atoms with Crippen molar-refractivity contribution in [2.75, 3.05) is 5.32 Å². The maximum absolute atomic E-state index is 13.5. The zero-order valence-corrected chi connectivity index (χ0v) is 12.4. The van der Waals surface area contributed by atoms with Crippen LogP contribution in [0.1, 0.15) is 28.7 Å². The number of fused-ring (bicyclic) bond motifs is 1. The van der Waals surface area contributed by atoms with Gasteiger partial charge in [0.05, 0.1) is 5.69 Å². The van der Waals surface area contributed by atoms with Crippen LogP contribution >= 0.6 is 0 Å². The predicted octanol–water partition coefficient (Wildman–Crippen LogP) is 3.60. The van der Waals surface area contributed by atoms with Crippen LogP contribution in [-0.2, 0) is 6.42 Å². The molecule has 3 rings (SSSR count). The molecule has 0 saturated carbocycles. The number of nitrogens with one attached hydrogen (secondary N) is 1. The van der Waals surface area contributed by atoms with Crippen molar-refractivity contribution in [2.45, 2.75) is 20.3 Å². The van der Waals surface area contributed by atoms with E-state index in [1.54, 1.807) is 6.07 Å². The van der Waals surface area contributed by atoms with Gasteiger partial charge in [-0.15, -0.1) is 0 Å². The molecule has 2 heterocycles. The molecule has 3 aromatic rings. The number of carbonyl (C=O) groups is 1. The molecule has 22 heavy (non-hydrogen) atoms. The molecule has 5 heteroatoms. The van der Waals surface area contributed by atoms with Crippen molar-refractivity contribution >= 4 is 17.2 Å². The minimum Gasteiger partial charge on any atom is -0.321 e. The highest BCUT2D eigenvalue weighted by atomic mass is 19.1. The third kappa shape index (κ3) is 2.57. The zero-order chi connectivity index (χ0) is 15.7. The number of hydrogen-bond donors (Lipinski definition) is 1. The number of halogens is 1. The van der Waals surface area contributed by atoms with Crippen molar-refractivity contribution < 1.29 is 9.18 Å². The fourth-order valence-electron chi connectivity index (χ4n) is 2.47. The van der Waals surface area contributed by atoms with E-state index in [4.69, 9.17) is 0 Å². The average Bonchev–Trinajstić information content (AvgIpc) is 2.85. The van der Waals surface area contributed by atoms with Gasteiger partial charge in [0.15, 0.2) is 0 Å². The van der Waals surface area contributed by atoms with Gasteiger partial charge >= 0.3 is 0 Å². The second-order valence-corrected chi connectivity index (χ2v) is 5.16. The summed E-state index contributed by atoms with van der Waals surface area (Å²) < 4.78 is 15.0. The molecule has 0 unspecified atom stereocenters.